The minimum atomic E-state index is 0.157. The summed E-state index contributed by atoms with van der Waals surface area (Å²) in [5.41, 5.74) is 0.209. The Labute approximate surface area is 61.6 Å². The highest BCUT2D eigenvalue weighted by molar-refractivity contribution is 5.37. The van der Waals surface area contributed by atoms with Gasteiger partial charge in [0.1, 0.15) is 6.10 Å². The molecule has 0 N–H and O–H groups in total. The third-order valence-electron chi connectivity index (χ3n) is 2.38. The maximum atomic E-state index is 10.0. The van der Waals surface area contributed by atoms with Gasteiger partial charge in [-0.05, 0) is 19.3 Å². The van der Waals surface area contributed by atoms with Crippen LogP contribution in [0.15, 0.2) is 0 Å². The first kappa shape index (κ1) is 7.58. The third kappa shape index (κ3) is 1.31. The van der Waals surface area contributed by atoms with E-state index in [-0.39, 0.29) is 11.5 Å². The van der Waals surface area contributed by atoms with E-state index in [0.717, 1.165) is 6.42 Å². The van der Waals surface area contributed by atoms with Crippen LogP contribution in [0.3, 0.4) is 0 Å². The van der Waals surface area contributed by atoms with E-state index in [4.69, 9.17) is 4.74 Å². The normalized spacial score (nSPS) is 30.0. The van der Waals surface area contributed by atoms with Gasteiger partial charge in [0.2, 0.25) is 0 Å². The van der Waals surface area contributed by atoms with Crippen molar-refractivity contribution < 1.29 is 9.53 Å². The molecule has 0 aromatic heterocycles. The molecule has 0 bridgehead atoms. The highest BCUT2D eigenvalue weighted by atomic mass is 16.5. The highest BCUT2D eigenvalue weighted by Gasteiger charge is 2.35. The van der Waals surface area contributed by atoms with Gasteiger partial charge in [-0.3, -0.25) is 4.79 Å². The molecule has 2 heteroatoms. The molecular weight excluding hydrogens is 128 g/mol. The molecule has 1 aliphatic rings. The van der Waals surface area contributed by atoms with Gasteiger partial charge in [0.15, 0.2) is 0 Å². The fourth-order valence-corrected chi connectivity index (χ4v) is 1.61. The molecule has 10 heavy (non-hydrogen) atoms. The van der Waals surface area contributed by atoms with Crippen molar-refractivity contribution in [2.24, 2.45) is 5.41 Å². The molecule has 0 aromatic carbocycles. The van der Waals surface area contributed by atoms with Crippen LogP contribution in [0.25, 0.3) is 0 Å². The molecule has 1 aliphatic carbocycles. The molecule has 1 rings (SSSR count). The Balaban J connectivity index is 2.50. The predicted octanol–water partition coefficient (Wildman–Crippen LogP) is 1.74. The van der Waals surface area contributed by atoms with Crippen molar-refractivity contribution in [1.29, 1.82) is 0 Å². The second-order valence-electron chi connectivity index (χ2n) is 3.60. The summed E-state index contributed by atoms with van der Waals surface area (Å²) in [4.78, 5) is 10.0. The van der Waals surface area contributed by atoms with E-state index in [1.165, 1.54) is 12.8 Å². The molecule has 1 fully saturated rings. The summed E-state index contributed by atoms with van der Waals surface area (Å²) in [5, 5.41) is 0. The van der Waals surface area contributed by atoms with Crippen molar-refractivity contribution in [3.8, 4) is 0 Å². The lowest BCUT2D eigenvalue weighted by Crippen LogP contribution is -2.25. The first-order chi connectivity index (χ1) is 4.67. The van der Waals surface area contributed by atoms with E-state index in [2.05, 4.69) is 13.8 Å². The minimum Gasteiger partial charge on any atom is -0.464 e. The smallest absolute Gasteiger partial charge is 0.293 e. The van der Waals surface area contributed by atoms with Crippen molar-refractivity contribution in [3.63, 3.8) is 0 Å². The largest absolute Gasteiger partial charge is 0.464 e. The zero-order valence-electron chi connectivity index (χ0n) is 6.59. The number of rotatable bonds is 2. The summed E-state index contributed by atoms with van der Waals surface area (Å²) in [6.45, 7) is 4.86. The fourth-order valence-electron chi connectivity index (χ4n) is 1.61. The van der Waals surface area contributed by atoms with Crippen LogP contribution in [0, 0.1) is 5.41 Å². The lowest BCUT2D eigenvalue weighted by molar-refractivity contribution is -0.137. The number of hydrogen-bond acceptors (Lipinski definition) is 2. The highest BCUT2D eigenvalue weighted by Crippen LogP contribution is 2.38. The SMILES string of the molecule is CC1(C)CCCC1OC=O. The van der Waals surface area contributed by atoms with E-state index >= 15 is 0 Å². The lowest BCUT2D eigenvalue weighted by Gasteiger charge is -2.24. The van der Waals surface area contributed by atoms with Gasteiger partial charge in [0.25, 0.3) is 6.47 Å². The third-order valence-corrected chi connectivity index (χ3v) is 2.38. The summed E-state index contributed by atoms with van der Waals surface area (Å²) in [6, 6.07) is 0. The Morgan fingerprint density at radius 3 is 2.70 bits per heavy atom. The first-order valence-corrected chi connectivity index (χ1v) is 3.76. The number of carbonyl (C=O) groups excluding carboxylic acids is 1. The van der Waals surface area contributed by atoms with Crippen molar-refractivity contribution in [1.82, 2.24) is 0 Å². The Hall–Kier alpha value is -0.530. The van der Waals surface area contributed by atoms with Crippen LogP contribution in [0.2, 0.25) is 0 Å². The van der Waals surface area contributed by atoms with Crippen molar-refractivity contribution in [2.75, 3.05) is 0 Å². The number of carbonyl (C=O) groups is 1. The Bertz CT molecular complexity index is 129. The Kier molecular flexibility index (Phi) is 1.97. The second-order valence-corrected chi connectivity index (χ2v) is 3.60. The summed E-state index contributed by atoms with van der Waals surface area (Å²) in [5.74, 6) is 0. The quantitative estimate of drug-likeness (QED) is 0.549. The monoisotopic (exact) mass is 142 g/mol. The van der Waals surface area contributed by atoms with E-state index in [9.17, 15) is 4.79 Å². The Morgan fingerprint density at radius 2 is 2.30 bits per heavy atom. The van der Waals surface area contributed by atoms with Gasteiger partial charge in [-0.15, -0.1) is 0 Å². The molecule has 0 radical (unpaired) electrons. The van der Waals surface area contributed by atoms with E-state index in [0.29, 0.717) is 6.47 Å². The summed E-state index contributed by atoms with van der Waals surface area (Å²) in [7, 11) is 0. The van der Waals surface area contributed by atoms with Crippen LogP contribution < -0.4 is 0 Å². The van der Waals surface area contributed by atoms with Crippen LogP contribution in [-0.4, -0.2) is 12.6 Å². The van der Waals surface area contributed by atoms with E-state index < -0.39 is 0 Å². The van der Waals surface area contributed by atoms with Gasteiger partial charge in [-0.1, -0.05) is 13.8 Å². The molecule has 58 valence electrons. The molecule has 0 aliphatic heterocycles. The van der Waals surface area contributed by atoms with Crippen molar-refractivity contribution in [3.05, 3.63) is 0 Å². The minimum absolute atomic E-state index is 0.157. The van der Waals surface area contributed by atoms with Gasteiger partial charge in [-0.25, -0.2) is 0 Å². The fraction of sp³-hybridized carbons (Fsp3) is 0.875. The summed E-state index contributed by atoms with van der Waals surface area (Å²) < 4.78 is 4.94. The molecule has 0 aromatic rings. The molecule has 1 unspecified atom stereocenters. The zero-order valence-corrected chi connectivity index (χ0v) is 6.59. The van der Waals surface area contributed by atoms with Crippen LogP contribution in [-0.2, 0) is 9.53 Å². The lowest BCUT2D eigenvalue weighted by atomic mass is 9.89. The van der Waals surface area contributed by atoms with Gasteiger partial charge >= 0.3 is 0 Å². The van der Waals surface area contributed by atoms with Gasteiger partial charge < -0.3 is 4.74 Å². The van der Waals surface area contributed by atoms with Crippen LogP contribution in [0.4, 0.5) is 0 Å². The molecule has 1 saturated carbocycles. The number of hydrogen-bond donors (Lipinski definition) is 0. The van der Waals surface area contributed by atoms with Crippen LogP contribution in [0.5, 0.6) is 0 Å². The van der Waals surface area contributed by atoms with Crippen molar-refractivity contribution in [2.45, 2.75) is 39.2 Å². The average Bonchev–Trinajstić information content (AvgIpc) is 2.13. The van der Waals surface area contributed by atoms with E-state index in [1.54, 1.807) is 0 Å². The van der Waals surface area contributed by atoms with Crippen molar-refractivity contribution >= 4 is 6.47 Å². The zero-order chi connectivity index (χ0) is 7.61. The average molecular weight is 142 g/mol. The molecule has 0 spiro atoms. The predicted molar refractivity (Wildman–Crippen MR) is 38.6 cm³/mol. The summed E-state index contributed by atoms with van der Waals surface area (Å²) >= 11 is 0. The standard InChI is InChI=1S/C8H14O2/c1-8(2)5-3-4-7(8)10-6-9/h6-7H,3-5H2,1-2H3. The molecule has 2 nitrogen and oxygen atoms in total. The van der Waals surface area contributed by atoms with Gasteiger partial charge in [-0.2, -0.15) is 0 Å². The first-order valence-electron chi connectivity index (χ1n) is 3.76. The number of ether oxygens (including phenoxy) is 1. The molecule has 1 atom stereocenters. The molecule has 0 saturated heterocycles. The van der Waals surface area contributed by atoms with Gasteiger partial charge in [0, 0.05) is 5.41 Å². The second kappa shape index (κ2) is 2.60. The maximum Gasteiger partial charge on any atom is 0.293 e. The van der Waals surface area contributed by atoms with Gasteiger partial charge in [0.05, 0.1) is 0 Å². The topological polar surface area (TPSA) is 26.3 Å². The van der Waals surface area contributed by atoms with E-state index in [1.807, 2.05) is 0 Å². The van der Waals surface area contributed by atoms with Crippen LogP contribution >= 0.6 is 0 Å². The molecule has 0 heterocycles. The summed E-state index contributed by atoms with van der Waals surface area (Å²) in [6.07, 6.45) is 3.55. The molecular formula is C8H14O2. The van der Waals surface area contributed by atoms with Crippen LogP contribution in [0.1, 0.15) is 33.1 Å². The molecule has 0 amide bonds. The Morgan fingerprint density at radius 1 is 1.60 bits per heavy atom. The maximum absolute atomic E-state index is 10.0.